The SMILES string of the molecule is COCCNCc1ccnn1Cc1ccc(F)cc1. The number of nitrogens with one attached hydrogen (secondary N) is 1. The van der Waals surface area contributed by atoms with Gasteiger partial charge in [-0.2, -0.15) is 5.10 Å². The number of methoxy groups -OCH3 is 1. The van der Waals surface area contributed by atoms with Crippen molar-refractivity contribution in [3.63, 3.8) is 0 Å². The summed E-state index contributed by atoms with van der Waals surface area (Å²) in [6.45, 7) is 2.88. The Hall–Kier alpha value is -1.72. The van der Waals surface area contributed by atoms with Gasteiger partial charge >= 0.3 is 0 Å². The third-order valence-corrected chi connectivity index (χ3v) is 2.84. The van der Waals surface area contributed by atoms with Crippen LogP contribution < -0.4 is 5.32 Å². The minimum Gasteiger partial charge on any atom is -0.383 e. The topological polar surface area (TPSA) is 39.1 Å². The van der Waals surface area contributed by atoms with Crippen molar-refractivity contribution in [2.45, 2.75) is 13.1 Å². The molecule has 0 aliphatic rings. The number of benzene rings is 1. The zero-order chi connectivity index (χ0) is 13.5. The Labute approximate surface area is 112 Å². The summed E-state index contributed by atoms with van der Waals surface area (Å²) in [4.78, 5) is 0. The number of ether oxygens (including phenoxy) is 1. The highest BCUT2D eigenvalue weighted by atomic mass is 19.1. The summed E-state index contributed by atoms with van der Waals surface area (Å²) in [7, 11) is 1.68. The van der Waals surface area contributed by atoms with Crippen LogP contribution in [0.5, 0.6) is 0 Å². The standard InChI is InChI=1S/C14H18FN3O/c1-19-9-8-16-10-14-6-7-17-18(14)11-12-2-4-13(15)5-3-12/h2-7,16H,8-11H2,1H3. The molecule has 5 heteroatoms. The van der Waals surface area contributed by atoms with E-state index in [0.29, 0.717) is 13.2 Å². The van der Waals surface area contributed by atoms with Gasteiger partial charge in [-0.1, -0.05) is 12.1 Å². The minimum absolute atomic E-state index is 0.217. The van der Waals surface area contributed by atoms with E-state index in [4.69, 9.17) is 4.74 Å². The fraction of sp³-hybridized carbons (Fsp3) is 0.357. The maximum atomic E-state index is 12.8. The van der Waals surface area contributed by atoms with E-state index in [1.807, 2.05) is 10.7 Å². The molecule has 2 aromatic rings. The smallest absolute Gasteiger partial charge is 0.123 e. The van der Waals surface area contributed by atoms with Crippen LogP contribution in [0.15, 0.2) is 36.5 Å². The van der Waals surface area contributed by atoms with Crippen LogP contribution in [0.3, 0.4) is 0 Å². The minimum atomic E-state index is -0.217. The molecule has 1 heterocycles. The fourth-order valence-corrected chi connectivity index (χ4v) is 1.81. The molecule has 2 rings (SSSR count). The van der Waals surface area contributed by atoms with Gasteiger partial charge in [0.05, 0.1) is 18.8 Å². The largest absolute Gasteiger partial charge is 0.383 e. The van der Waals surface area contributed by atoms with E-state index in [-0.39, 0.29) is 5.82 Å². The molecular formula is C14H18FN3O. The summed E-state index contributed by atoms with van der Waals surface area (Å²) in [5.74, 6) is -0.217. The Morgan fingerprint density at radius 1 is 1.26 bits per heavy atom. The number of halogens is 1. The van der Waals surface area contributed by atoms with Gasteiger partial charge in [0.25, 0.3) is 0 Å². The molecule has 0 unspecified atom stereocenters. The first-order chi connectivity index (χ1) is 9.29. The zero-order valence-corrected chi connectivity index (χ0v) is 11.0. The second-order valence-electron chi connectivity index (χ2n) is 4.28. The van der Waals surface area contributed by atoms with Crippen molar-refractivity contribution in [3.8, 4) is 0 Å². The lowest BCUT2D eigenvalue weighted by molar-refractivity contribution is 0.199. The average molecular weight is 263 g/mol. The molecule has 0 aliphatic carbocycles. The van der Waals surface area contributed by atoms with Gasteiger partial charge in [0, 0.05) is 26.4 Å². The van der Waals surface area contributed by atoms with Crippen LogP contribution in [0.25, 0.3) is 0 Å². The first-order valence-corrected chi connectivity index (χ1v) is 6.24. The van der Waals surface area contributed by atoms with E-state index >= 15 is 0 Å². The molecule has 0 bridgehead atoms. The van der Waals surface area contributed by atoms with Crippen molar-refractivity contribution in [2.75, 3.05) is 20.3 Å². The van der Waals surface area contributed by atoms with Crippen LogP contribution in [0.1, 0.15) is 11.3 Å². The third-order valence-electron chi connectivity index (χ3n) is 2.84. The van der Waals surface area contributed by atoms with Crippen molar-refractivity contribution in [1.29, 1.82) is 0 Å². The quantitative estimate of drug-likeness (QED) is 0.774. The van der Waals surface area contributed by atoms with E-state index < -0.39 is 0 Å². The van der Waals surface area contributed by atoms with Crippen molar-refractivity contribution in [3.05, 3.63) is 53.6 Å². The maximum absolute atomic E-state index is 12.8. The van der Waals surface area contributed by atoms with Gasteiger partial charge < -0.3 is 10.1 Å². The normalized spacial score (nSPS) is 10.8. The Morgan fingerprint density at radius 2 is 2.05 bits per heavy atom. The van der Waals surface area contributed by atoms with Gasteiger partial charge in [-0.25, -0.2) is 4.39 Å². The summed E-state index contributed by atoms with van der Waals surface area (Å²) in [6.07, 6.45) is 1.77. The van der Waals surface area contributed by atoms with Crippen LogP contribution in [0.2, 0.25) is 0 Å². The van der Waals surface area contributed by atoms with E-state index in [9.17, 15) is 4.39 Å². The van der Waals surface area contributed by atoms with E-state index in [2.05, 4.69) is 10.4 Å². The van der Waals surface area contributed by atoms with Crippen LogP contribution in [-0.4, -0.2) is 30.0 Å². The second kappa shape index (κ2) is 7.01. The molecule has 1 aromatic carbocycles. The van der Waals surface area contributed by atoms with Gasteiger partial charge in [-0.05, 0) is 23.8 Å². The predicted octanol–water partition coefficient (Wildman–Crippen LogP) is 1.81. The average Bonchev–Trinajstić information content (AvgIpc) is 2.85. The second-order valence-corrected chi connectivity index (χ2v) is 4.28. The van der Waals surface area contributed by atoms with Crippen molar-refractivity contribution in [2.24, 2.45) is 0 Å². The molecule has 0 amide bonds. The summed E-state index contributed by atoms with van der Waals surface area (Å²) >= 11 is 0. The number of aromatic nitrogens is 2. The Morgan fingerprint density at radius 3 is 2.79 bits per heavy atom. The lowest BCUT2D eigenvalue weighted by atomic mass is 10.2. The monoisotopic (exact) mass is 263 g/mol. The molecule has 1 aromatic heterocycles. The van der Waals surface area contributed by atoms with Crippen molar-refractivity contribution in [1.82, 2.24) is 15.1 Å². The molecule has 0 saturated carbocycles. The highest BCUT2D eigenvalue weighted by Crippen LogP contribution is 2.07. The summed E-state index contributed by atoms with van der Waals surface area (Å²) in [6, 6.07) is 8.46. The molecule has 1 N–H and O–H groups in total. The summed E-state index contributed by atoms with van der Waals surface area (Å²) in [5, 5.41) is 7.56. The van der Waals surface area contributed by atoms with Gasteiger partial charge in [0.15, 0.2) is 0 Å². The van der Waals surface area contributed by atoms with Crippen LogP contribution in [-0.2, 0) is 17.8 Å². The third kappa shape index (κ3) is 4.15. The molecule has 0 atom stereocenters. The molecule has 19 heavy (non-hydrogen) atoms. The van der Waals surface area contributed by atoms with E-state index in [0.717, 1.165) is 24.3 Å². The highest BCUT2D eigenvalue weighted by molar-refractivity contribution is 5.17. The Balaban J connectivity index is 1.93. The van der Waals surface area contributed by atoms with Crippen LogP contribution in [0, 0.1) is 5.82 Å². The maximum Gasteiger partial charge on any atom is 0.123 e. The Bertz CT molecular complexity index is 496. The number of hydrogen-bond acceptors (Lipinski definition) is 3. The molecule has 4 nitrogen and oxygen atoms in total. The number of nitrogens with zero attached hydrogens (tertiary/aromatic N) is 2. The van der Waals surface area contributed by atoms with Gasteiger partial charge in [-0.15, -0.1) is 0 Å². The molecule has 0 radical (unpaired) electrons. The van der Waals surface area contributed by atoms with Gasteiger partial charge in [0.1, 0.15) is 5.82 Å². The van der Waals surface area contributed by atoms with E-state index in [1.165, 1.54) is 12.1 Å². The lowest BCUT2D eigenvalue weighted by Crippen LogP contribution is -2.21. The first kappa shape index (κ1) is 13.7. The molecule has 0 fully saturated rings. The van der Waals surface area contributed by atoms with Crippen LogP contribution in [0.4, 0.5) is 4.39 Å². The molecule has 0 saturated heterocycles. The number of rotatable bonds is 7. The highest BCUT2D eigenvalue weighted by Gasteiger charge is 2.03. The Kier molecular flexibility index (Phi) is 5.06. The summed E-state index contributed by atoms with van der Waals surface area (Å²) in [5.41, 5.74) is 2.13. The predicted molar refractivity (Wildman–Crippen MR) is 71.3 cm³/mol. The van der Waals surface area contributed by atoms with E-state index in [1.54, 1.807) is 25.4 Å². The van der Waals surface area contributed by atoms with Crippen LogP contribution >= 0.6 is 0 Å². The van der Waals surface area contributed by atoms with Gasteiger partial charge in [0.2, 0.25) is 0 Å². The first-order valence-electron chi connectivity index (χ1n) is 6.24. The molecule has 0 spiro atoms. The zero-order valence-electron chi connectivity index (χ0n) is 11.0. The lowest BCUT2D eigenvalue weighted by Gasteiger charge is -2.08. The molecule has 102 valence electrons. The summed E-state index contributed by atoms with van der Waals surface area (Å²) < 4.78 is 19.7. The van der Waals surface area contributed by atoms with Crippen molar-refractivity contribution >= 4 is 0 Å². The van der Waals surface area contributed by atoms with Crippen molar-refractivity contribution < 1.29 is 9.13 Å². The molecule has 0 aliphatic heterocycles. The fourth-order valence-electron chi connectivity index (χ4n) is 1.81. The molecular weight excluding hydrogens is 245 g/mol. The van der Waals surface area contributed by atoms with Gasteiger partial charge in [-0.3, -0.25) is 4.68 Å². The number of hydrogen-bond donors (Lipinski definition) is 1.